The first-order valence-corrected chi connectivity index (χ1v) is 6.92. The van der Waals surface area contributed by atoms with Crippen LogP contribution in [0.2, 0.25) is 5.02 Å². The zero-order valence-electron chi connectivity index (χ0n) is 11.1. The van der Waals surface area contributed by atoms with E-state index in [2.05, 4.69) is 32.6 Å². The van der Waals surface area contributed by atoms with Crippen molar-refractivity contribution in [3.63, 3.8) is 0 Å². The van der Waals surface area contributed by atoms with E-state index in [9.17, 15) is 0 Å². The Kier molecular flexibility index (Phi) is 4.34. The van der Waals surface area contributed by atoms with Crippen LogP contribution in [0.5, 0.6) is 0 Å². The zero-order chi connectivity index (χ0) is 14.0. The van der Waals surface area contributed by atoms with Gasteiger partial charge in [-0.15, -0.1) is 0 Å². The lowest BCUT2D eigenvalue weighted by atomic mass is 9.95. The van der Waals surface area contributed by atoms with Gasteiger partial charge < -0.3 is 0 Å². The Labute approximate surface area is 124 Å². The van der Waals surface area contributed by atoms with Gasteiger partial charge in [0.1, 0.15) is 0 Å². The topological polar surface area (TPSA) is 0 Å². The second kappa shape index (κ2) is 5.81. The summed E-state index contributed by atoms with van der Waals surface area (Å²) in [7, 11) is 0. The molecule has 0 aromatic heterocycles. The fraction of sp³-hybridized carbons (Fsp3) is 0.176. The molecule has 0 radical (unpaired) electrons. The van der Waals surface area contributed by atoms with Crippen molar-refractivity contribution in [2.45, 2.75) is 20.3 Å². The van der Waals surface area contributed by atoms with Crippen LogP contribution in [0, 0.1) is 13.8 Å². The monoisotopic (exact) mass is 290 g/mol. The van der Waals surface area contributed by atoms with Crippen LogP contribution in [0.25, 0.3) is 5.03 Å². The van der Waals surface area contributed by atoms with Gasteiger partial charge in [0.25, 0.3) is 0 Å². The third-order valence-electron chi connectivity index (χ3n) is 3.25. The van der Waals surface area contributed by atoms with Gasteiger partial charge in [-0.2, -0.15) is 0 Å². The standard InChI is InChI=1S/C17H16Cl2/c1-11-4-7-17(13(3)18)15(8-11)9-14-10-16(19)6-5-12(14)2/h4-8,10H,3,9H2,1-2H3. The van der Waals surface area contributed by atoms with Crippen LogP contribution in [-0.2, 0) is 6.42 Å². The van der Waals surface area contributed by atoms with Crippen LogP contribution < -0.4 is 0 Å². The Hall–Kier alpha value is -1.24. The smallest absolute Gasteiger partial charge is 0.0409 e. The van der Waals surface area contributed by atoms with E-state index in [4.69, 9.17) is 23.2 Å². The van der Waals surface area contributed by atoms with Crippen LogP contribution >= 0.6 is 23.2 Å². The van der Waals surface area contributed by atoms with E-state index < -0.39 is 0 Å². The molecule has 2 heteroatoms. The molecule has 0 bridgehead atoms. The summed E-state index contributed by atoms with van der Waals surface area (Å²) in [6.07, 6.45) is 0.815. The first kappa shape index (κ1) is 14.2. The molecule has 98 valence electrons. The molecule has 2 aromatic carbocycles. The lowest BCUT2D eigenvalue weighted by molar-refractivity contribution is 1.14. The van der Waals surface area contributed by atoms with Crippen molar-refractivity contribution in [3.05, 3.63) is 75.8 Å². The fourth-order valence-electron chi connectivity index (χ4n) is 2.17. The van der Waals surface area contributed by atoms with Gasteiger partial charge in [-0.3, -0.25) is 0 Å². The SMILES string of the molecule is C=C(Cl)c1ccc(C)cc1Cc1cc(Cl)ccc1C. The minimum atomic E-state index is 0.578. The molecular formula is C17H16Cl2. The fourth-order valence-corrected chi connectivity index (χ4v) is 2.55. The van der Waals surface area contributed by atoms with E-state index in [1.165, 1.54) is 22.3 Å². The average Bonchev–Trinajstić information content (AvgIpc) is 2.33. The van der Waals surface area contributed by atoms with Gasteiger partial charge in [0.15, 0.2) is 0 Å². The summed E-state index contributed by atoms with van der Waals surface area (Å²) in [5.74, 6) is 0. The van der Waals surface area contributed by atoms with E-state index in [1.54, 1.807) is 0 Å². The van der Waals surface area contributed by atoms with E-state index in [0.717, 1.165) is 17.0 Å². The number of halogens is 2. The summed E-state index contributed by atoms with van der Waals surface area (Å²) in [6, 6.07) is 12.2. The van der Waals surface area contributed by atoms with Gasteiger partial charge in [0.2, 0.25) is 0 Å². The molecule has 0 spiro atoms. The van der Waals surface area contributed by atoms with Crippen molar-refractivity contribution in [2.24, 2.45) is 0 Å². The Balaban J connectivity index is 2.45. The molecule has 0 aliphatic heterocycles. The quantitative estimate of drug-likeness (QED) is 0.674. The molecule has 0 saturated heterocycles. The molecule has 0 unspecified atom stereocenters. The Morgan fingerprint density at radius 2 is 1.79 bits per heavy atom. The highest BCUT2D eigenvalue weighted by atomic mass is 35.5. The van der Waals surface area contributed by atoms with Gasteiger partial charge in [0.05, 0.1) is 0 Å². The maximum Gasteiger partial charge on any atom is 0.0409 e. The van der Waals surface area contributed by atoms with Gasteiger partial charge in [-0.05, 0) is 54.7 Å². The summed E-state index contributed by atoms with van der Waals surface area (Å²) in [5.41, 5.74) is 5.86. The Morgan fingerprint density at radius 3 is 2.47 bits per heavy atom. The van der Waals surface area contributed by atoms with Gasteiger partial charge in [-0.25, -0.2) is 0 Å². The summed E-state index contributed by atoms with van der Waals surface area (Å²) in [5, 5.41) is 1.34. The summed E-state index contributed by atoms with van der Waals surface area (Å²) in [4.78, 5) is 0. The van der Waals surface area contributed by atoms with E-state index in [0.29, 0.717) is 5.03 Å². The van der Waals surface area contributed by atoms with Gasteiger partial charge >= 0.3 is 0 Å². The second-order valence-electron chi connectivity index (χ2n) is 4.81. The van der Waals surface area contributed by atoms with E-state index in [-0.39, 0.29) is 0 Å². The molecule has 0 amide bonds. The minimum absolute atomic E-state index is 0.578. The predicted octanol–water partition coefficient (Wildman–Crippen LogP) is 5.76. The highest BCUT2D eigenvalue weighted by Crippen LogP contribution is 2.26. The highest BCUT2D eigenvalue weighted by molar-refractivity contribution is 6.48. The van der Waals surface area contributed by atoms with Gasteiger partial charge in [0, 0.05) is 10.1 Å². The van der Waals surface area contributed by atoms with Crippen LogP contribution in [-0.4, -0.2) is 0 Å². The molecule has 0 N–H and O–H groups in total. The van der Waals surface area contributed by atoms with Crippen molar-refractivity contribution < 1.29 is 0 Å². The summed E-state index contributed by atoms with van der Waals surface area (Å²) < 4.78 is 0. The highest BCUT2D eigenvalue weighted by Gasteiger charge is 2.08. The normalized spacial score (nSPS) is 10.5. The molecule has 0 heterocycles. The van der Waals surface area contributed by atoms with Crippen LogP contribution in [0.15, 0.2) is 43.0 Å². The largest absolute Gasteiger partial charge is 0.0843 e. The van der Waals surface area contributed by atoms with Crippen LogP contribution in [0.1, 0.15) is 27.8 Å². The molecule has 19 heavy (non-hydrogen) atoms. The molecular weight excluding hydrogens is 275 g/mol. The number of aryl methyl sites for hydroxylation is 2. The number of hydrogen-bond donors (Lipinski definition) is 0. The molecule has 0 aliphatic rings. The first-order chi connectivity index (χ1) is 8.97. The molecule has 0 saturated carbocycles. The van der Waals surface area contributed by atoms with Crippen LogP contribution in [0.4, 0.5) is 0 Å². The first-order valence-electron chi connectivity index (χ1n) is 6.16. The van der Waals surface area contributed by atoms with E-state index >= 15 is 0 Å². The summed E-state index contributed by atoms with van der Waals surface area (Å²) in [6.45, 7) is 8.01. The number of rotatable bonds is 3. The van der Waals surface area contributed by atoms with Crippen molar-refractivity contribution >= 4 is 28.2 Å². The third-order valence-corrected chi connectivity index (χ3v) is 3.68. The average molecular weight is 291 g/mol. The van der Waals surface area contributed by atoms with Crippen molar-refractivity contribution in [3.8, 4) is 0 Å². The number of benzene rings is 2. The van der Waals surface area contributed by atoms with Crippen molar-refractivity contribution in [1.29, 1.82) is 0 Å². The third kappa shape index (κ3) is 3.40. The minimum Gasteiger partial charge on any atom is -0.0843 e. The number of hydrogen-bond acceptors (Lipinski definition) is 0. The molecule has 0 nitrogen and oxygen atoms in total. The maximum absolute atomic E-state index is 6.08. The van der Waals surface area contributed by atoms with Crippen molar-refractivity contribution in [1.82, 2.24) is 0 Å². The molecule has 2 rings (SSSR count). The molecule has 2 aromatic rings. The summed E-state index contributed by atoms with van der Waals surface area (Å²) >= 11 is 12.2. The second-order valence-corrected chi connectivity index (χ2v) is 5.71. The lowest BCUT2D eigenvalue weighted by Crippen LogP contribution is -1.96. The van der Waals surface area contributed by atoms with Gasteiger partial charge in [-0.1, -0.05) is 59.6 Å². The molecule has 0 aliphatic carbocycles. The Morgan fingerprint density at radius 1 is 1.05 bits per heavy atom. The lowest BCUT2D eigenvalue weighted by Gasteiger charge is -2.12. The molecule has 0 fully saturated rings. The van der Waals surface area contributed by atoms with Crippen LogP contribution in [0.3, 0.4) is 0 Å². The van der Waals surface area contributed by atoms with Crippen molar-refractivity contribution in [2.75, 3.05) is 0 Å². The zero-order valence-corrected chi connectivity index (χ0v) is 12.6. The van der Waals surface area contributed by atoms with E-state index in [1.807, 2.05) is 24.3 Å². The molecule has 0 atom stereocenters. The predicted molar refractivity (Wildman–Crippen MR) is 85.1 cm³/mol. The maximum atomic E-state index is 6.08. The Bertz CT molecular complexity index is 627.